The zero-order chi connectivity index (χ0) is 49.9. The predicted octanol–water partition coefficient (Wildman–Crippen LogP) is 16.7. The number of ether oxygens (including phenoxy) is 2. The van der Waals surface area contributed by atoms with E-state index in [2.05, 4.69) is 62.5 Å². The van der Waals surface area contributed by atoms with Crippen LogP contribution in [0.4, 0.5) is 0 Å². The van der Waals surface area contributed by atoms with E-state index in [1.54, 1.807) is 0 Å². The molecule has 0 bridgehead atoms. The SMILES string of the molecule is CC/C=C\C/C=C\C/C=C\C/C=C\CCCCCCCCCCCCCCCCC(=O)OC(COC(=O)CCCCCCCCCCCCCCCCCCC)COP(=O)([O-])OCC[N+](C)(C)C. The van der Waals surface area contributed by atoms with E-state index in [-0.39, 0.29) is 32.0 Å². The van der Waals surface area contributed by atoms with E-state index in [4.69, 9.17) is 18.5 Å². The molecule has 0 saturated heterocycles. The standard InChI is InChI=1S/C58H108NO8P/c1-6-8-10-12-14-16-18-20-22-24-25-26-27-28-29-30-31-32-33-35-37-39-41-43-45-47-49-51-58(61)67-56(55-66-68(62,63)65-53-52-59(3,4)5)54-64-57(60)50-48-46-44-42-40-38-36-34-23-21-19-17-15-13-11-9-7-2/h8,10,14,16,20,22,25-26,56H,6-7,9,11-13,15,17-19,21,23-24,27-55H2,1-5H3/b10-8-,16-14-,22-20-,26-25-. The second kappa shape index (κ2) is 49.9. The molecule has 0 amide bonds. The van der Waals surface area contributed by atoms with Crippen LogP contribution in [-0.4, -0.2) is 70.0 Å². The maximum Gasteiger partial charge on any atom is 0.306 e. The number of quaternary nitrogens is 1. The van der Waals surface area contributed by atoms with Gasteiger partial charge in [0.05, 0.1) is 27.7 Å². The Labute approximate surface area is 420 Å². The average molecular weight is 978 g/mol. The molecule has 0 aromatic heterocycles. The van der Waals surface area contributed by atoms with Crippen molar-refractivity contribution < 1.29 is 42.1 Å². The van der Waals surface area contributed by atoms with E-state index in [0.29, 0.717) is 17.4 Å². The highest BCUT2D eigenvalue weighted by Gasteiger charge is 2.22. The third kappa shape index (κ3) is 53.3. The van der Waals surface area contributed by atoms with Crippen LogP contribution in [0.1, 0.15) is 258 Å². The molecule has 0 aliphatic heterocycles. The van der Waals surface area contributed by atoms with Crippen molar-refractivity contribution >= 4 is 19.8 Å². The van der Waals surface area contributed by atoms with Gasteiger partial charge in [0, 0.05) is 12.8 Å². The number of phosphoric acid groups is 1. The summed E-state index contributed by atoms with van der Waals surface area (Å²) in [6.45, 7) is 4.16. The lowest BCUT2D eigenvalue weighted by molar-refractivity contribution is -0.870. The van der Waals surface area contributed by atoms with Crippen molar-refractivity contribution in [3.05, 3.63) is 48.6 Å². The van der Waals surface area contributed by atoms with Crippen LogP contribution in [-0.2, 0) is 32.7 Å². The summed E-state index contributed by atoms with van der Waals surface area (Å²) in [5.41, 5.74) is 0. The molecule has 10 heteroatoms. The molecule has 0 spiro atoms. The minimum absolute atomic E-state index is 0.0297. The minimum atomic E-state index is -4.63. The van der Waals surface area contributed by atoms with Gasteiger partial charge in [-0.3, -0.25) is 14.2 Å². The highest BCUT2D eigenvalue weighted by Crippen LogP contribution is 2.38. The first-order valence-corrected chi connectivity index (χ1v) is 29.8. The van der Waals surface area contributed by atoms with Crippen molar-refractivity contribution in [2.45, 2.75) is 264 Å². The topological polar surface area (TPSA) is 111 Å². The molecule has 0 rings (SSSR count). The molecule has 68 heavy (non-hydrogen) atoms. The molecular formula is C58H108NO8P. The Morgan fingerprint density at radius 3 is 1.25 bits per heavy atom. The molecule has 9 nitrogen and oxygen atoms in total. The van der Waals surface area contributed by atoms with Crippen LogP contribution in [0.5, 0.6) is 0 Å². The van der Waals surface area contributed by atoms with Gasteiger partial charge in [-0.15, -0.1) is 0 Å². The summed E-state index contributed by atoms with van der Waals surface area (Å²) in [7, 11) is 1.17. The molecular weight excluding hydrogens is 870 g/mol. The first kappa shape index (κ1) is 66.0. The van der Waals surface area contributed by atoms with E-state index in [0.717, 1.165) is 64.2 Å². The number of rotatable bonds is 52. The van der Waals surface area contributed by atoms with Gasteiger partial charge in [-0.25, -0.2) is 0 Å². The second-order valence-electron chi connectivity index (χ2n) is 20.3. The second-order valence-corrected chi connectivity index (χ2v) is 21.7. The summed E-state index contributed by atoms with van der Waals surface area (Å²) >= 11 is 0. The van der Waals surface area contributed by atoms with E-state index >= 15 is 0 Å². The van der Waals surface area contributed by atoms with Gasteiger partial charge in [-0.1, -0.05) is 242 Å². The zero-order valence-electron chi connectivity index (χ0n) is 45.1. The van der Waals surface area contributed by atoms with Crippen LogP contribution in [0.25, 0.3) is 0 Å². The van der Waals surface area contributed by atoms with Gasteiger partial charge >= 0.3 is 11.9 Å². The number of allylic oxidation sites excluding steroid dienone is 8. The molecule has 398 valence electrons. The van der Waals surface area contributed by atoms with Crippen molar-refractivity contribution in [2.24, 2.45) is 0 Å². The predicted molar refractivity (Wildman–Crippen MR) is 287 cm³/mol. The lowest BCUT2D eigenvalue weighted by Gasteiger charge is -2.28. The summed E-state index contributed by atoms with van der Waals surface area (Å²) < 4.78 is 34.1. The quantitative estimate of drug-likeness (QED) is 0.0195. The Bertz CT molecular complexity index is 1290. The van der Waals surface area contributed by atoms with Crippen molar-refractivity contribution in [3.8, 4) is 0 Å². The van der Waals surface area contributed by atoms with Crippen LogP contribution in [0.3, 0.4) is 0 Å². The maximum atomic E-state index is 12.8. The number of carbonyl (C=O) groups is 2. The lowest BCUT2D eigenvalue weighted by atomic mass is 10.0. The minimum Gasteiger partial charge on any atom is -0.756 e. The van der Waals surface area contributed by atoms with E-state index in [9.17, 15) is 19.0 Å². The Kier molecular flexibility index (Phi) is 48.4. The number of unbranched alkanes of at least 4 members (excludes halogenated alkanes) is 30. The lowest BCUT2D eigenvalue weighted by Crippen LogP contribution is -2.37. The van der Waals surface area contributed by atoms with Gasteiger partial charge < -0.3 is 27.9 Å². The van der Waals surface area contributed by atoms with Crippen LogP contribution >= 0.6 is 7.82 Å². The Balaban J connectivity index is 4.13. The van der Waals surface area contributed by atoms with Crippen LogP contribution in [0.15, 0.2) is 48.6 Å². The Morgan fingerprint density at radius 2 is 0.838 bits per heavy atom. The molecule has 0 heterocycles. The summed E-state index contributed by atoms with van der Waals surface area (Å²) in [5, 5.41) is 0. The number of carbonyl (C=O) groups excluding carboxylic acids is 2. The monoisotopic (exact) mass is 978 g/mol. The molecule has 0 aromatic carbocycles. The zero-order valence-corrected chi connectivity index (χ0v) is 45.9. The Morgan fingerprint density at radius 1 is 0.471 bits per heavy atom. The summed E-state index contributed by atoms with van der Waals surface area (Å²) in [4.78, 5) is 37.8. The molecule has 0 aliphatic carbocycles. The number of likely N-dealkylation sites (N-methyl/N-ethyl adjacent to an activating group) is 1. The summed E-state index contributed by atoms with van der Waals surface area (Å²) in [5.74, 6) is -0.823. The number of phosphoric ester groups is 1. The maximum absolute atomic E-state index is 12.8. The van der Waals surface area contributed by atoms with Crippen molar-refractivity contribution in [3.63, 3.8) is 0 Å². The first-order valence-electron chi connectivity index (χ1n) is 28.3. The molecule has 0 radical (unpaired) electrons. The normalized spacial score (nSPS) is 13.7. The van der Waals surface area contributed by atoms with Crippen LogP contribution < -0.4 is 4.89 Å². The van der Waals surface area contributed by atoms with Crippen molar-refractivity contribution in [2.75, 3.05) is 47.5 Å². The van der Waals surface area contributed by atoms with E-state index in [1.165, 1.54) is 161 Å². The molecule has 0 aromatic rings. The van der Waals surface area contributed by atoms with Gasteiger partial charge in [-0.05, 0) is 51.4 Å². The van der Waals surface area contributed by atoms with Gasteiger partial charge in [-0.2, -0.15) is 0 Å². The van der Waals surface area contributed by atoms with Crippen molar-refractivity contribution in [1.29, 1.82) is 0 Å². The summed E-state index contributed by atoms with van der Waals surface area (Å²) in [6.07, 6.45) is 61.5. The largest absolute Gasteiger partial charge is 0.756 e. The van der Waals surface area contributed by atoms with Crippen LogP contribution in [0, 0.1) is 0 Å². The number of hydrogen-bond acceptors (Lipinski definition) is 8. The van der Waals surface area contributed by atoms with E-state index in [1.807, 2.05) is 21.1 Å². The van der Waals surface area contributed by atoms with Crippen LogP contribution in [0.2, 0.25) is 0 Å². The number of hydrogen-bond donors (Lipinski definition) is 0. The smallest absolute Gasteiger partial charge is 0.306 e. The van der Waals surface area contributed by atoms with Crippen molar-refractivity contribution in [1.82, 2.24) is 0 Å². The molecule has 2 unspecified atom stereocenters. The first-order chi connectivity index (χ1) is 33.0. The molecule has 0 aliphatic rings. The summed E-state index contributed by atoms with van der Waals surface area (Å²) in [6, 6.07) is 0. The highest BCUT2D eigenvalue weighted by atomic mass is 31.2. The third-order valence-electron chi connectivity index (χ3n) is 12.4. The molecule has 0 saturated carbocycles. The fourth-order valence-electron chi connectivity index (χ4n) is 8.00. The number of esters is 2. The molecule has 0 fully saturated rings. The van der Waals surface area contributed by atoms with Gasteiger partial charge in [0.2, 0.25) is 0 Å². The highest BCUT2D eigenvalue weighted by molar-refractivity contribution is 7.45. The van der Waals surface area contributed by atoms with Gasteiger partial charge in [0.1, 0.15) is 19.8 Å². The number of nitrogens with zero attached hydrogens (tertiary/aromatic N) is 1. The molecule has 2 atom stereocenters. The fraction of sp³-hybridized carbons (Fsp3) is 0.828. The van der Waals surface area contributed by atoms with Gasteiger partial charge in [0.25, 0.3) is 7.82 Å². The van der Waals surface area contributed by atoms with E-state index < -0.39 is 26.5 Å². The third-order valence-corrected chi connectivity index (χ3v) is 13.3. The van der Waals surface area contributed by atoms with Gasteiger partial charge in [0.15, 0.2) is 6.10 Å². The Hall–Kier alpha value is -2.03. The average Bonchev–Trinajstić information content (AvgIpc) is 3.30. The molecule has 0 N–H and O–H groups in total. The fourth-order valence-corrected chi connectivity index (χ4v) is 8.73.